The van der Waals surface area contributed by atoms with E-state index in [1.165, 1.54) is 16.6 Å². The number of nitrogens with one attached hydrogen (secondary N) is 1. The molecule has 0 radical (unpaired) electrons. The van der Waals surface area contributed by atoms with Crippen LogP contribution in [0.25, 0.3) is 22.1 Å². The van der Waals surface area contributed by atoms with Crippen molar-refractivity contribution in [1.82, 2.24) is 19.5 Å². The monoisotopic (exact) mass is 522 g/mol. The lowest BCUT2D eigenvalue weighted by molar-refractivity contribution is 0.600. The number of aromatic nitrogens is 4. The average molecular weight is 524 g/mol. The van der Waals surface area contributed by atoms with Gasteiger partial charge in [0.2, 0.25) is 0 Å². The predicted octanol–water partition coefficient (Wildman–Crippen LogP) is 8.21. The van der Waals surface area contributed by atoms with Crippen LogP contribution in [-0.2, 0) is 0 Å². The third-order valence-corrected chi connectivity index (χ3v) is 5.42. The Morgan fingerprint density at radius 1 is 0.828 bits per heavy atom. The van der Waals surface area contributed by atoms with E-state index in [0.717, 1.165) is 37.1 Å². The molecule has 29 heavy (non-hydrogen) atoms. The molecule has 2 aromatic carbocycles. The first-order valence-electron chi connectivity index (χ1n) is 8.94. The second-order valence-electron chi connectivity index (χ2n) is 7.15. The van der Waals surface area contributed by atoms with Gasteiger partial charge in [0.05, 0.1) is 22.1 Å². The topological polar surface area (TPSA) is 46.5 Å². The highest BCUT2D eigenvalue weighted by Crippen LogP contribution is 2.27. The van der Waals surface area contributed by atoms with Gasteiger partial charge in [0, 0.05) is 15.0 Å². The third kappa shape index (κ3) is 5.28. The van der Waals surface area contributed by atoms with Gasteiger partial charge in [0.15, 0.2) is 0 Å². The molecule has 0 aliphatic heterocycles. The van der Waals surface area contributed by atoms with E-state index >= 15 is 0 Å². The molecular formula is C23H32Br2N4. The van der Waals surface area contributed by atoms with E-state index in [9.17, 15) is 0 Å². The molecule has 0 saturated carbocycles. The van der Waals surface area contributed by atoms with Crippen molar-refractivity contribution >= 4 is 53.9 Å². The molecule has 0 bridgehead atoms. The summed E-state index contributed by atoms with van der Waals surface area (Å²) in [5, 5.41) is 0. The van der Waals surface area contributed by atoms with Crippen LogP contribution < -0.4 is 0 Å². The van der Waals surface area contributed by atoms with Crippen molar-refractivity contribution in [2.24, 2.45) is 0 Å². The van der Waals surface area contributed by atoms with Crippen molar-refractivity contribution < 1.29 is 0 Å². The fraction of sp³-hybridized carbons (Fsp3) is 0.391. The van der Waals surface area contributed by atoms with Gasteiger partial charge >= 0.3 is 0 Å². The van der Waals surface area contributed by atoms with Crippen LogP contribution in [0.4, 0.5) is 0 Å². The minimum atomic E-state index is 0. The predicted molar refractivity (Wildman–Crippen MR) is 134 cm³/mol. The summed E-state index contributed by atoms with van der Waals surface area (Å²) in [5.74, 6) is 2.05. The molecule has 0 unspecified atom stereocenters. The number of benzene rings is 2. The van der Waals surface area contributed by atoms with Crippen LogP contribution in [0.3, 0.4) is 0 Å². The molecular weight excluding hydrogens is 492 g/mol. The Labute approximate surface area is 191 Å². The molecule has 6 heteroatoms. The molecule has 1 N–H and O–H groups in total. The molecule has 158 valence electrons. The van der Waals surface area contributed by atoms with Gasteiger partial charge < -0.3 is 9.55 Å². The first-order valence-corrected chi connectivity index (χ1v) is 10.5. The number of halogens is 2. The van der Waals surface area contributed by atoms with Gasteiger partial charge in [-0.2, -0.15) is 0 Å². The molecule has 0 atom stereocenters. The Morgan fingerprint density at radius 2 is 1.38 bits per heavy atom. The Bertz CT molecular complexity index is 1120. The van der Waals surface area contributed by atoms with Gasteiger partial charge in [-0.15, -0.1) is 0 Å². The second kappa shape index (κ2) is 9.90. The van der Waals surface area contributed by atoms with Crippen LogP contribution >= 0.6 is 31.9 Å². The largest absolute Gasteiger partial charge is 0.342 e. The van der Waals surface area contributed by atoms with E-state index in [-0.39, 0.29) is 14.9 Å². The number of nitrogens with zero attached hydrogens (tertiary/aromatic N) is 3. The maximum atomic E-state index is 4.62. The SMILES string of the molecule is C.C.Cc1cc(Br)cc2c1nc(C)n2C(C)C.Cc1nc2c(C)cc(Br)cc2[nH]1. The molecule has 0 saturated heterocycles. The highest BCUT2D eigenvalue weighted by molar-refractivity contribution is 9.10. The number of H-pyrrole nitrogens is 1. The third-order valence-electron chi connectivity index (χ3n) is 4.50. The lowest BCUT2D eigenvalue weighted by Gasteiger charge is -2.10. The van der Waals surface area contributed by atoms with E-state index in [1.54, 1.807) is 0 Å². The number of imidazole rings is 2. The average Bonchev–Trinajstić information content (AvgIpc) is 3.07. The van der Waals surface area contributed by atoms with Gasteiger partial charge in [-0.05, 0) is 76.9 Å². The smallest absolute Gasteiger partial charge is 0.106 e. The van der Waals surface area contributed by atoms with E-state index in [2.05, 4.69) is 104 Å². The zero-order valence-corrected chi connectivity index (χ0v) is 19.7. The molecule has 0 aliphatic carbocycles. The summed E-state index contributed by atoms with van der Waals surface area (Å²) in [7, 11) is 0. The van der Waals surface area contributed by atoms with Crippen LogP contribution in [0.5, 0.6) is 0 Å². The summed E-state index contributed by atoms with van der Waals surface area (Å²) >= 11 is 6.98. The van der Waals surface area contributed by atoms with Gasteiger partial charge in [-0.25, -0.2) is 9.97 Å². The first-order chi connectivity index (χ1) is 12.7. The highest BCUT2D eigenvalue weighted by Gasteiger charge is 2.12. The number of fused-ring (bicyclic) bond motifs is 2. The molecule has 0 amide bonds. The molecule has 4 aromatic rings. The van der Waals surface area contributed by atoms with Crippen LogP contribution in [0, 0.1) is 27.7 Å². The van der Waals surface area contributed by atoms with Crippen molar-refractivity contribution in [3.05, 3.63) is 56.0 Å². The molecule has 2 heterocycles. The normalized spacial score (nSPS) is 10.5. The standard InChI is InChI=1S/C12H15BrN2.C9H9BrN2.2CH4/c1-7(2)15-9(4)14-12-8(3)5-10(13)6-11(12)15;1-5-3-7(10)4-8-9(5)12-6(2)11-8;;/h5-7H,1-4H3;3-4H,1-2H3,(H,11,12);2*1H4. The Balaban J connectivity index is 0.000000277. The number of aryl methyl sites for hydroxylation is 4. The lowest BCUT2D eigenvalue weighted by Crippen LogP contribution is -2.02. The minimum absolute atomic E-state index is 0. The highest BCUT2D eigenvalue weighted by atomic mass is 79.9. The Kier molecular flexibility index (Phi) is 8.66. The van der Waals surface area contributed by atoms with Gasteiger partial charge in [0.1, 0.15) is 11.6 Å². The lowest BCUT2D eigenvalue weighted by atomic mass is 10.2. The summed E-state index contributed by atoms with van der Waals surface area (Å²) in [6, 6.07) is 8.82. The van der Waals surface area contributed by atoms with Crippen molar-refractivity contribution in [2.75, 3.05) is 0 Å². The first kappa shape index (κ1) is 25.4. The Morgan fingerprint density at radius 3 is 1.97 bits per heavy atom. The number of hydrogen-bond acceptors (Lipinski definition) is 2. The van der Waals surface area contributed by atoms with E-state index in [1.807, 2.05) is 13.0 Å². The zero-order chi connectivity index (χ0) is 19.9. The summed E-state index contributed by atoms with van der Waals surface area (Å²) in [6.07, 6.45) is 0. The van der Waals surface area contributed by atoms with Gasteiger partial charge in [-0.1, -0.05) is 46.7 Å². The maximum absolute atomic E-state index is 4.62. The van der Waals surface area contributed by atoms with Crippen LogP contribution in [0.2, 0.25) is 0 Å². The molecule has 0 aliphatic rings. The minimum Gasteiger partial charge on any atom is -0.342 e. The van der Waals surface area contributed by atoms with Crippen molar-refractivity contribution in [3.8, 4) is 0 Å². The van der Waals surface area contributed by atoms with Crippen LogP contribution in [0.15, 0.2) is 33.2 Å². The van der Waals surface area contributed by atoms with E-state index in [4.69, 9.17) is 0 Å². The zero-order valence-electron chi connectivity index (χ0n) is 16.5. The van der Waals surface area contributed by atoms with Crippen LogP contribution in [-0.4, -0.2) is 19.5 Å². The van der Waals surface area contributed by atoms with Crippen molar-refractivity contribution in [2.45, 2.75) is 62.4 Å². The number of aromatic amines is 1. The maximum Gasteiger partial charge on any atom is 0.106 e. The van der Waals surface area contributed by atoms with Crippen LogP contribution in [0.1, 0.15) is 57.5 Å². The number of hydrogen-bond donors (Lipinski definition) is 1. The molecule has 4 rings (SSSR count). The van der Waals surface area contributed by atoms with E-state index in [0.29, 0.717) is 6.04 Å². The fourth-order valence-electron chi connectivity index (χ4n) is 3.46. The quantitative estimate of drug-likeness (QED) is 0.273. The van der Waals surface area contributed by atoms with Crippen molar-refractivity contribution in [1.29, 1.82) is 0 Å². The van der Waals surface area contributed by atoms with Crippen molar-refractivity contribution in [3.63, 3.8) is 0 Å². The van der Waals surface area contributed by atoms with Gasteiger partial charge in [-0.3, -0.25) is 0 Å². The Hall–Kier alpha value is -1.66. The summed E-state index contributed by atoms with van der Waals surface area (Å²) < 4.78 is 4.48. The summed E-state index contributed by atoms with van der Waals surface area (Å²) in [6.45, 7) is 12.6. The molecule has 4 nitrogen and oxygen atoms in total. The fourth-order valence-corrected chi connectivity index (χ4v) is 4.59. The summed E-state index contributed by atoms with van der Waals surface area (Å²) in [5.41, 5.74) is 6.92. The van der Waals surface area contributed by atoms with E-state index < -0.39 is 0 Å². The molecule has 0 fully saturated rings. The molecule has 0 spiro atoms. The number of rotatable bonds is 1. The molecule has 2 aromatic heterocycles. The summed E-state index contributed by atoms with van der Waals surface area (Å²) in [4.78, 5) is 12.2. The van der Waals surface area contributed by atoms with Gasteiger partial charge in [0.25, 0.3) is 0 Å². The second-order valence-corrected chi connectivity index (χ2v) is 8.99.